The standard InChI is InChI=1S/C18H24N2O5S2/c1-24-15-8-7-14(13-16(15)25-2)9-11-19-17(21)5-3-10-20-27(22,23)18-6-4-12-26-18/h4,6-8,12-13,20H,3,5,9-11H2,1-2H3,(H,19,21). The van der Waals surface area contributed by atoms with E-state index in [0.717, 1.165) is 16.9 Å². The fourth-order valence-electron chi connectivity index (χ4n) is 2.41. The fourth-order valence-corrected chi connectivity index (χ4v) is 4.53. The molecule has 0 unspecified atom stereocenters. The van der Waals surface area contributed by atoms with E-state index in [1.807, 2.05) is 18.2 Å². The predicted molar refractivity (Wildman–Crippen MR) is 105 cm³/mol. The van der Waals surface area contributed by atoms with Gasteiger partial charge in [0.05, 0.1) is 14.2 Å². The summed E-state index contributed by atoms with van der Waals surface area (Å²) in [4.78, 5) is 11.9. The van der Waals surface area contributed by atoms with E-state index in [2.05, 4.69) is 10.0 Å². The van der Waals surface area contributed by atoms with E-state index in [4.69, 9.17) is 9.47 Å². The minimum Gasteiger partial charge on any atom is -0.493 e. The first-order valence-corrected chi connectivity index (χ1v) is 10.8. The molecule has 148 valence electrons. The molecule has 0 aliphatic rings. The van der Waals surface area contributed by atoms with Crippen LogP contribution >= 0.6 is 11.3 Å². The minimum atomic E-state index is -3.47. The van der Waals surface area contributed by atoms with Gasteiger partial charge in [-0.05, 0) is 42.0 Å². The SMILES string of the molecule is COc1ccc(CCNC(=O)CCCNS(=O)(=O)c2cccs2)cc1OC. The summed E-state index contributed by atoms with van der Waals surface area (Å²) in [6.07, 6.45) is 1.36. The van der Waals surface area contributed by atoms with Crippen LogP contribution in [0.4, 0.5) is 0 Å². The van der Waals surface area contributed by atoms with Gasteiger partial charge in [-0.25, -0.2) is 13.1 Å². The van der Waals surface area contributed by atoms with Crippen molar-refractivity contribution in [3.05, 3.63) is 41.3 Å². The number of ether oxygens (including phenoxy) is 2. The number of hydrogen-bond donors (Lipinski definition) is 2. The van der Waals surface area contributed by atoms with Gasteiger partial charge in [0, 0.05) is 19.5 Å². The maximum atomic E-state index is 11.9. The summed E-state index contributed by atoms with van der Waals surface area (Å²) in [6.45, 7) is 0.721. The molecule has 2 aromatic rings. The highest BCUT2D eigenvalue weighted by Gasteiger charge is 2.14. The van der Waals surface area contributed by atoms with E-state index in [0.29, 0.717) is 30.9 Å². The Morgan fingerprint density at radius 3 is 2.56 bits per heavy atom. The normalized spacial score (nSPS) is 11.2. The predicted octanol–water partition coefficient (Wildman–Crippen LogP) is 2.18. The quantitative estimate of drug-likeness (QED) is 0.552. The van der Waals surface area contributed by atoms with Gasteiger partial charge in [-0.1, -0.05) is 12.1 Å². The number of carbonyl (C=O) groups excluding carboxylic acids is 1. The Morgan fingerprint density at radius 1 is 1.11 bits per heavy atom. The molecule has 0 aliphatic carbocycles. The molecule has 1 amide bonds. The van der Waals surface area contributed by atoms with Crippen molar-refractivity contribution in [2.75, 3.05) is 27.3 Å². The summed E-state index contributed by atoms with van der Waals surface area (Å²) < 4.78 is 37.1. The van der Waals surface area contributed by atoms with Crippen LogP contribution in [-0.2, 0) is 21.2 Å². The molecule has 7 nitrogen and oxygen atoms in total. The number of rotatable bonds is 11. The lowest BCUT2D eigenvalue weighted by atomic mass is 10.1. The van der Waals surface area contributed by atoms with Crippen LogP contribution in [0.25, 0.3) is 0 Å². The Hall–Kier alpha value is -2.10. The van der Waals surface area contributed by atoms with Crippen molar-refractivity contribution in [3.63, 3.8) is 0 Å². The number of hydrogen-bond acceptors (Lipinski definition) is 6. The molecule has 1 aromatic heterocycles. The van der Waals surface area contributed by atoms with Crippen LogP contribution < -0.4 is 19.5 Å². The van der Waals surface area contributed by atoms with Crippen molar-refractivity contribution in [3.8, 4) is 11.5 Å². The largest absolute Gasteiger partial charge is 0.493 e. The van der Waals surface area contributed by atoms with E-state index in [-0.39, 0.29) is 23.1 Å². The van der Waals surface area contributed by atoms with Gasteiger partial charge in [-0.2, -0.15) is 0 Å². The van der Waals surface area contributed by atoms with Crippen molar-refractivity contribution in [1.82, 2.24) is 10.0 Å². The molecule has 0 atom stereocenters. The van der Waals surface area contributed by atoms with E-state index in [1.165, 1.54) is 0 Å². The topological polar surface area (TPSA) is 93.7 Å². The summed E-state index contributed by atoms with van der Waals surface area (Å²) in [5.41, 5.74) is 1.02. The number of methoxy groups -OCH3 is 2. The van der Waals surface area contributed by atoms with Gasteiger partial charge in [0.2, 0.25) is 15.9 Å². The highest BCUT2D eigenvalue weighted by molar-refractivity contribution is 7.91. The third-order valence-corrected chi connectivity index (χ3v) is 6.67. The number of benzene rings is 1. The van der Waals surface area contributed by atoms with Crippen molar-refractivity contribution in [1.29, 1.82) is 0 Å². The molecule has 27 heavy (non-hydrogen) atoms. The van der Waals surface area contributed by atoms with Gasteiger partial charge in [0.15, 0.2) is 11.5 Å². The van der Waals surface area contributed by atoms with E-state index >= 15 is 0 Å². The molecule has 0 saturated carbocycles. The van der Waals surface area contributed by atoms with Crippen LogP contribution in [-0.4, -0.2) is 41.6 Å². The van der Waals surface area contributed by atoms with Crippen molar-refractivity contribution < 1.29 is 22.7 Å². The molecule has 9 heteroatoms. The Balaban J connectivity index is 1.67. The lowest BCUT2D eigenvalue weighted by molar-refractivity contribution is -0.121. The van der Waals surface area contributed by atoms with Gasteiger partial charge < -0.3 is 14.8 Å². The molecule has 1 heterocycles. The number of amides is 1. The molecular formula is C18H24N2O5S2. The maximum Gasteiger partial charge on any atom is 0.250 e. The van der Waals surface area contributed by atoms with Gasteiger partial charge >= 0.3 is 0 Å². The van der Waals surface area contributed by atoms with Crippen LogP contribution in [0.5, 0.6) is 11.5 Å². The smallest absolute Gasteiger partial charge is 0.250 e. The van der Waals surface area contributed by atoms with Crippen LogP contribution in [0, 0.1) is 0 Å². The highest BCUT2D eigenvalue weighted by Crippen LogP contribution is 2.27. The zero-order valence-corrected chi connectivity index (χ0v) is 17.0. The van der Waals surface area contributed by atoms with E-state index < -0.39 is 10.0 Å². The number of thiophene rings is 1. The van der Waals surface area contributed by atoms with Crippen LogP contribution in [0.3, 0.4) is 0 Å². The second-order valence-corrected chi connectivity index (χ2v) is 8.66. The summed E-state index contributed by atoms with van der Waals surface area (Å²) in [7, 11) is -0.304. The van der Waals surface area contributed by atoms with Crippen molar-refractivity contribution in [2.24, 2.45) is 0 Å². The Kier molecular flexibility index (Phi) is 8.08. The van der Waals surface area contributed by atoms with Gasteiger partial charge in [0.1, 0.15) is 4.21 Å². The monoisotopic (exact) mass is 412 g/mol. The molecule has 1 aromatic carbocycles. The third-order valence-electron chi connectivity index (χ3n) is 3.82. The Bertz CT molecular complexity index is 835. The first-order chi connectivity index (χ1) is 13.0. The van der Waals surface area contributed by atoms with E-state index in [1.54, 1.807) is 31.7 Å². The van der Waals surface area contributed by atoms with Crippen LogP contribution in [0.1, 0.15) is 18.4 Å². The number of carbonyl (C=O) groups is 1. The van der Waals surface area contributed by atoms with Crippen LogP contribution in [0.15, 0.2) is 39.9 Å². The average molecular weight is 413 g/mol. The lowest BCUT2D eigenvalue weighted by Crippen LogP contribution is -2.28. The molecule has 0 bridgehead atoms. The minimum absolute atomic E-state index is 0.106. The first kappa shape index (κ1) is 21.2. The summed E-state index contributed by atoms with van der Waals surface area (Å²) in [5, 5.41) is 4.54. The molecule has 0 fully saturated rings. The molecule has 0 aliphatic heterocycles. The second-order valence-electron chi connectivity index (χ2n) is 5.72. The molecule has 2 rings (SSSR count). The molecule has 0 radical (unpaired) electrons. The number of sulfonamides is 1. The molecule has 0 saturated heterocycles. The fraction of sp³-hybridized carbons (Fsp3) is 0.389. The van der Waals surface area contributed by atoms with Crippen LogP contribution in [0.2, 0.25) is 0 Å². The zero-order valence-electron chi connectivity index (χ0n) is 15.4. The first-order valence-electron chi connectivity index (χ1n) is 8.47. The summed E-state index contributed by atoms with van der Waals surface area (Å²) in [5.74, 6) is 1.21. The number of nitrogens with one attached hydrogen (secondary N) is 2. The zero-order chi connectivity index (χ0) is 19.7. The van der Waals surface area contributed by atoms with Crippen molar-refractivity contribution in [2.45, 2.75) is 23.5 Å². The maximum absolute atomic E-state index is 11.9. The molecule has 2 N–H and O–H groups in total. The Labute approximate surface area is 163 Å². The van der Waals surface area contributed by atoms with Gasteiger partial charge in [-0.3, -0.25) is 4.79 Å². The third kappa shape index (κ3) is 6.53. The van der Waals surface area contributed by atoms with Crippen molar-refractivity contribution >= 4 is 27.3 Å². The summed E-state index contributed by atoms with van der Waals surface area (Å²) in [6, 6.07) is 8.87. The highest BCUT2D eigenvalue weighted by atomic mass is 32.2. The Morgan fingerprint density at radius 2 is 1.89 bits per heavy atom. The van der Waals surface area contributed by atoms with Gasteiger partial charge in [0.25, 0.3) is 0 Å². The summed E-state index contributed by atoms with van der Waals surface area (Å²) >= 11 is 1.16. The van der Waals surface area contributed by atoms with E-state index in [9.17, 15) is 13.2 Å². The average Bonchev–Trinajstić information content (AvgIpc) is 3.21. The second kappa shape index (κ2) is 10.3. The molecular weight excluding hydrogens is 388 g/mol. The van der Waals surface area contributed by atoms with Gasteiger partial charge in [-0.15, -0.1) is 11.3 Å². The lowest BCUT2D eigenvalue weighted by Gasteiger charge is -2.10. The molecule has 0 spiro atoms.